The molecule has 2 nitrogen and oxygen atoms in total. The van der Waals surface area contributed by atoms with E-state index in [0.29, 0.717) is 0 Å². The van der Waals surface area contributed by atoms with Crippen LogP contribution in [0.5, 0.6) is 0 Å². The summed E-state index contributed by atoms with van der Waals surface area (Å²) in [5, 5.41) is 14.5. The molecule has 1 aliphatic heterocycles. The Kier molecular flexibility index (Phi) is 4.69. The number of aliphatic hydroxyl groups excluding tert-OH is 1. The highest BCUT2D eigenvalue weighted by Crippen LogP contribution is 2.31. The lowest BCUT2D eigenvalue weighted by Crippen LogP contribution is -2.46. The van der Waals surface area contributed by atoms with Gasteiger partial charge in [0, 0.05) is 12.0 Å². The quantitative estimate of drug-likeness (QED) is 0.901. The van der Waals surface area contributed by atoms with Crippen molar-refractivity contribution in [2.45, 2.75) is 37.3 Å². The van der Waals surface area contributed by atoms with Gasteiger partial charge in [-0.25, -0.2) is 0 Å². The zero-order chi connectivity index (χ0) is 14.5. The van der Waals surface area contributed by atoms with Gasteiger partial charge in [-0.1, -0.05) is 67.1 Å². The van der Waals surface area contributed by atoms with Crippen LogP contribution in [0.4, 0.5) is 0 Å². The maximum absolute atomic E-state index is 11.0. The van der Waals surface area contributed by atoms with Crippen molar-refractivity contribution in [3.63, 3.8) is 0 Å². The van der Waals surface area contributed by atoms with Crippen LogP contribution in [0.25, 0.3) is 0 Å². The minimum absolute atomic E-state index is 0.0306. The van der Waals surface area contributed by atoms with Gasteiger partial charge in [-0.2, -0.15) is 0 Å². The van der Waals surface area contributed by atoms with E-state index in [-0.39, 0.29) is 12.0 Å². The topological polar surface area (TPSA) is 32.3 Å². The average molecular weight is 281 g/mol. The van der Waals surface area contributed by atoms with E-state index in [1.165, 1.54) is 24.0 Å². The largest absolute Gasteiger partial charge is 0.391 e. The monoisotopic (exact) mass is 281 g/mol. The van der Waals surface area contributed by atoms with Crippen LogP contribution < -0.4 is 5.32 Å². The average Bonchev–Trinajstić information content (AvgIpc) is 2.58. The normalized spacial score (nSPS) is 20.4. The van der Waals surface area contributed by atoms with E-state index in [4.69, 9.17) is 0 Å². The first kappa shape index (κ1) is 14.3. The molecule has 0 spiro atoms. The summed E-state index contributed by atoms with van der Waals surface area (Å²) in [6.07, 6.45) is 3.07. The van der Waals surface area contributed by atoms with Crippen LogP contribution in [-0.4, -0.2) is 23.8 Å². The summed E-state index contributed by atoms with van der Waals surface area (Å²) in [7, 11) is 0. The number of nitrogens with one attached hydrogen (secondary N) is 1. The van der Waals surface area contributed by atoms with Crippen molar-refractivity contribution in [1.29, 1.82) is 0 Å². The predicted molar refractivity (Wildman–Crippen MR) is 86.4 cm³/mol. The molecule has 21 heavy (non-hydrogen) atoms. The van der Waals surface area contributed by atoms with Gasteiger partial charge in [0.05, 0.1) is 6.10 Å². The highest BCUT2D eigenvalue weighted by molar-refractivity contribution is 5.34. The molecule has 1 saturated heterocycles. The highest BCUT2D eigenvalue weighted by Gasteiger charge is 2.30. The first-order valence-electron chi connectivity index (χ1n) is 7.87. The van der Waals surface area contributed by atoms with Crippen LogP contribution in [0.1, 0.15) is 36.3 Å². The molecule has 0 saturated carbocycles. The third kappa shape index (κ3) is 3.34. The summed E-state index contributed by atoms with van der Waals surface area (Å²) in [6.45, 7) is 1.01. The Balaban J connectivity index is 1.92. The Morgan fingerprint density at radius 2 is 1.43 bits per heavy atom. The van der Waals surface area contributed by atoms with Crippen LogP contribution >= 0.6 is 0 Å². The molecule has 1 heterocycles. The van der Waals surface area contributed by atoms with Gasteiger partial charge < -0.3 is 10.4 Å². The lowest BCUT2D eigenvalue weighted by atomic mass is 9.81. The van der Waals surface area contributed by atoms with Gasteiger partial charge in [0.15, 0.2) is 0 Å². The standard InChI is InChI=1S/C19H23NO/c21-19(17-13-7-8-14-20-17)18(15-9-3-1-4-10-15)16-11-5-2-6-12-16/h1-6,9-12,17-21H,7-8,13-14H2. The highest BCUT2D eigenvalue weighted by atomic mass is 16.3. The minimum atomic E-state index is -0.393. The van der Waals surface area contributed by atoms with Gasteiger partial charge in [0.25, 0.3) is 0 Å². The maximum atomic E-state index is 11.0. The molecule has 0 radical (unpaired) electrons. The van der Waals surface area contributed by atoms with E-state index >= 15 is 0 Å². The lowest BCUT2D eigenvalue weighted by Gasteiger charge is -2.33. The summed E-state index contributed by atoms with van der Waals surface area (Å²) >= 11 is 0. The second kappa shape index (κ2) is 6.88. The molecular weight excluding hydrogens is 258 g/mol. The Bertz CT molecular complexity index is 495. The van der Waals surface area contributed by atoms with Gasteiger partial charge in [0.2, 0.25) is 0 Å². The number of piperidine rings is 1. The number of hydrogen-bond acceptors (Lipinski definition) is 2. The van der Waals surface area contributed by atoms with Crippen molar-refractivity contribution in [3.05, 3.63) is 71.8 Å². The maximum Gasteiger partial charge on any atom is 0.0802 e. The first-order valence-corrected chi connectivity index (χ1v) is 7.87. The summed E-state index contributed by atoms with van der Waals surface area (Å²) < 4.78 is 0. The van der Waals surface area contributed by atoms with Crippen molar-refractivity contribution < 1.29 is 5.11 Å². The van der Waals surface area contributed by atoms with E-state index in [2.05, 4.69) is 29.6 Å². The SMILES string of the molecule is OC(C1CCCCN1)C(c1ccccc1)c1ccccc1. The summed E-state index contributed by atoms with van der Waals surface area (Å²) in [5.41, 5.74) is 2.37. The van der Waals surface area contributed by atoms with Crippen LogP contribution in [0.2, 0.25) is 0 Å². The summed E-state index contributed by atoms with van der Waals surface area (Å²) in [6, 6.07) is 20.9. The summed E-state index contributed by atoms with van der Waals surface area (Å²) in [4.78, 5) is 0. The fraction of sp³-hybridized carbons (Fsp3) is 0.368. The number of aliphatic hydroxyl groups is 1. The molecule has 2 atom stereocenters. The van der Waals surface area contributed by atoms with E-state index in [9.17, 15) is 5.11 Å². The van der Waals surface area contributed by atoms with Crippen LogP contribution in [0.3, 0.4) is 0 Å². The molecule has 1 fully saturated rings. The number of hydrogen-bond donors (Lipinski definition) is 2. The molecule has 2 N–H and O–H groups in total. The van der Waals surface area contributed by atoms with E-state index in [0.717, 1.165) is 13.0 Å². The van der Waals surface area contributed by atoms with E-state index in [1.807, 2.05) is 36.4 Å². The molecule has 2 aromatic rings. The molecule has 0 aliphatic carbocycles. The van der Waals surface area contributed by atoms with Gasteiger partial charge in [0.1, 0.15) is 0 Å². The van der Waals surface area contributed by atoms with Crippen molar-refractivity contribution in [2.24, 2.45) is 0 Å². The third-order valence-electron chi connectivity index (χ3n) is 4.42. The van der Waals surface area contributed by atoms with Crippen LogP contribution in [0.15, 0.2) is 60.7 Å². The molecule has 2 heteroatoms. The zero-order valence-electron chi connectivity index (χ0n) is 12.3. The van der Waals surface area contributed by atoms with Gasteiger partial charge in [-0.05, 0) is 30.5 Å². The molecular formula is C19H23NO. The third-order valence-corrected chi connectivity index (χ3v) is 4.42. The fourth-order valence-corrected chi connectivity index (χ4v) is 3.31. The zero-order valence-corrected chi connectivity index (χ0v) is 12.3. The second-order valence-electron chi connectivity index (χ2n) is 5.85. The number of rotatable bonds is 4. The molecule has 2 aromatic carbocycles. The Morgan fingerprint density at radius 3 is 1.90 bits per heavy atom. The summed E-state index contributed by atoms with van der Waals surface area (Å²) in [5.74, 6) is 0.0306. The second-order valence-corrected chi connectivity index (χ2v) is 5.85. The van der Waals surface area contributed by atoms with Crippen molar-refractivity contribution in [1.82, 2.24) is 5.32 Å². The lowest BCUT2D eigenvalue weighted by molar-refractivity contribution is 0.0978. The molecule has 1 aliphatic rings. The Morgan fingerprint density at radius 1 is 0.857 bits per heavy atom. The van der Waals surface area contributed by atoms with Crippen LogP contribution in [0, 0.1) is 0 Å². The Hall–Kier alpha value is -1.64. The fourth-order valence-electron chi connectivity index (χ4n) is 3.31. The molecule has 0 aromatic heterocycles. The molecule has 0 amide bonds. The smallest absolute Gasteiger partial charge is 0.0802 e. The van der Waals surface area contributed by atoms with Crippen molar-refractivity contribution >= 4 is 0 Å². The number of benzene rings is 2. The van der Waals surface area contributed by atoms with Crippen molar-refractivity contribution in [3.8, 4) is 0 Å². The molecule has 2 unspecified atom stereocenters. The van der Waals surface area contributed by atoms with Gasteiger partial charge in [-0.15, -0.1) is 0 Å². The first-order chi connectivity index (χ1) is 10.4. The van der Waals surface area contributed by atoms with Gasteiger partial charge >= 0.3 is 0 Å². The van der Waals surface area contributed by atoms with Crippen LogP contribution in [-0.2, 0) is 0 Å². The Labute approximate surface area is 126 Å². The van der Waals surface area contributed by atoms with E-state index < -0.39 is 6.10 Å². The molecule has 110 valence electrons. The van der Waals surface area contributed by atoms with Crippen molar-refractivity contribution in [2.75, 3.05) is 6.54 Å². The molecule has 0 bridgehead atoms. The molecule has 3 rings (SSSR count). The van der Waals surface area contributed by atoms with Gasteiger partial charge in [-0.3, -0.25) is 0 Å². The van der Waals surface area contributed by atoms with E-state index in [1.54, 1.807) is 0 Å². The predicted octanol–water partition coefficient (Wildman–Crippen LogP) is 3.32. The minimum Gasteiger partial charge on any atom is -0.391 e.